The monoisotopic (exact) mass is 213 g/mol. The molecule has 0 bridgehead atoms. The van der Waals surface area contributed by atoms with Gasteiger partial charge in [-0.15, -0.1) is 0 Å². The average molecular weight is 213 g/mol. The molecule has 0 aliphatic heterocycles. The Hall–Kier alpha value is -0.300. The molecule has 1 aliphatic rings. The van der Waals surface area contributed by atoms with Crippen molar-refractivity contribution < 1.29 is 0 Å². The van der Waals surface area contributed by atoms with Crippen LogP contribution in [0, 0.1) is 5.92 Å². The summed E-state index contributed by atoms with van der Waals surface area (Å²) >= 11 is 0. The van der Waals surface area contributed by atoms with Crippen LogP contribution < -0.4 is 5.32 Å². The van der Waals surface area contributed by atoms with Crippen LogP contribution >= 0.6 is 0 Å². The third-order valence-corrected chi connectivity index (χ3v) is 2.80. The smallest absolute Gasteiger partial charge is 0.0302 e. The molecular formula is C14H31N. The first kappa shape index (κ1) is 17.1. The molecule has 1 nitrogen and oxygen atoms in total. The summed E-state index contributed by atoms with van der Waals surface area (Å²) < 4.78 is 0. The SMILES string of the molecule is CC.CC.CCC1CCC=C(C)C1NC. The van der Waals surface area contributed by atoms with Gasteiger partial charge in [-0.25, -0.2) is 0 Å². The van der Waals surface area contributed by atoms with Crippen LogP contribution in [-0.4, -0.2) is 13.1 Å². The lowest BCUT2D eigenvalue weighted by molar-refractivity contribution is 0.361. The van der Waals surface area contributed by atoms with Crippen molar-refractivity contribution in [2.75, 3.05) is 7.05 Å². The summed E-state index contributed by atoms with van der Waals surface area (Å²) in [6.45, 7) is 12.5. The van der Waals surface area contributed by atoms with E-state index in [0.29, 0.717) is 6.04 Å². The fourth-order valence-corrected chi connectivity index (χ4v) is 2.09. The van der Waals surface area contributed by atoms with Crippen molar-refractivity contribution in [1.29, 1.82) is 0 Å². The second kappa shape index (κ2) is 11.8. The second-order valence-corrected chi connectivity index (χ2v) is 3.46. The third-order valence-electron chi connectivity index (χ3n) is 2.80. The molecule has 1 aliphatic carbocycles. The summed E-state index contributed by atoms with van der Waals surface area (Å²) in [6.07, 6.45) is 6.31. The summed E-state index contributed by atoms with van der Waals surface area (Å²) in [6, 6.07) is 0.647. The Morgan fingerprint density at radius 2 is 1.80 bits per heavy atom. The van der Waals surface area contributed by atoms with Crippen molar-refractivity contribution in [3.05, 3.63) is 11.6 Å². The van der Waals surface area contributed by atoms with Gasteiger partial charge >= 0.3 is 0 Å². The van der Waals surface area contributed by atoms with Crippen molar-refractivity contribution in [1.82, 2.24) is 5.32 Å². The van der Waals surface area contributed by atoms with Gasteiger partial charge in [0.1, 0.15) is 0 Å². The summed E-state index contributed by atoms with van der Waals surface area (Å²) in [5, 5.41) is 3.39. The first-order chi connectivity index (χ1) is 7.29. The minimum Gasteiger partial charge on any atom is -0.313 e. The third kappa shape index (κ3) is 5.99. The number of allylic oxidation sites excluding steroid dienone is 1. The van der Waals surface area contributed by atoms with Crippen LogP contribution in [0.2, 0.25) is 0 Å². The Morgan fingerprint density at radius 1 is 1.27 bits per heavy atom. The molecule has 0 heterocycles. The molecule has 1 N–H and O–H groups in total. The van der Waals surface area contributed by atoms with Crippen LogP contribution in [0.3, 0.4) is 0 Å². The van der Waals surface area contributed by atoms with E-state index in [1.807, 2.05) is 27.7 Å². The minimum atomic E-state index is 0.647. The van der Waals surface area contributed by atoms with Crippen LogP contribution in [0.1, 0.15) is 60.8 Å². The van der Waals surface area contributed by atoms with Crippen molar-refractivity contribution in [2.24, 2.45) is 5.92 Å². The predicted molar refractivity (Wildman–Crippen MR) is 72.3 cm³/mol. The molecule has 1 heteroatoms. The van der Waals surface area contributed by atoms with Crippen LogP contribution in [0.15, 0.2) is 11.6 Å². The molecule has 0 saturated carbocycles. The lowest BCUT2D eigenvalue weighted by atomic mass is 9.83. The van der Waals surface area contributed by atoms with E-state index in [1.165, 1.54) is 24.8 Å². The molecule has 0 saturated heterocycles. The van der Waals surface area contributed by atoms with Crippen molar-refractivity contribution in [3.8, 4) is 0 Å². The number of likely N-dealkylation sites (N-methyl/N-ethyl adjacent to an activating group) is 1. The van der Waals surface area contributed by atoms with E-state index in [4.69, 9.17) is 0 Å². The standard InChI is InChI=1S/C10H19N.2C2H6/c1-4-9-7-5-6-8(2)10(9)11-3;2*1-2/h6,9-11H,4-5,7H2,1-3H3;2*1-2H3. The maximum atomic E-state index is 3.39. The Morgan fingerprint density at radius 3 is 2.13 bits per heavy atom. The molecule has 0 aromatic heterocycles. The molecule has 0 aromatic carbocycles. The van der Waals surface area contributed by atoms with E-state index in [1.54, 1.807) is 0 Å². The first-order valence-corrected chi connectivity index (χ1v) is 6.63. The van der Waals surface area contributed by atoms with Gasteiger partial charge in [0.15, 0.2) is 0 Å². The maximum absolute atomic E-state index is 3.39. The quantitative estimate of drug-likeness (QED) is 0.671. The highest BCUT2D eigenvalue weighted by Crippen LogP contribution is 2.26. The highest BCUT2D eigenvalue weighted by molar-refractivity contribution is 5.12. The maximum Gasteiger partial charge on any atom is 0.0302 e. The first-order valence-electron chi connectivity index (χ1n) is 6.63. The van der Waals surface area contributed by atoms with Gasteiger partial charge in [-0.3, -0.25) is 0 Å². The number of hydrogen-bond acceptors (Lipinski definition) is 1. The normalized spacial score (nSPS) is 24.1. The highest BCUT2D eigenvalue weighted by Gasteiger charge is 2.21. The molecule has 0 aromatic rings. The zero-order valence-corrected chi connectivity index (χ0v) is 11.9. The molecular weight excluding hydrogens is 182 g/mol. The lowest BCUT2D eigenvalue weighted by Crippen LogP contribution is -2.36. The highest BCUT2D eigenvalue weighted by atomic mass is 14.9. The van der Waals surface area contributed by atoms with Gasteiger partial charge in [-0.05, 0) is 32.7 Å². The number of nitrogens with one attached hydrogen (secondary N) is 1. The number of hydrogen-bond donors (Lipinski definition) is 1. The topological polar surface area (TPSA) is 12.0 Å². The summed E-state index contributed by atoms with van der Waals surface area (Å²) in [7, 11) is 2.07. The van der Waals surface area contributed by atoms with Crippen molar-refractivity contribution in [2.45, 2.75) is 66.8 Å². The lowest BCUT2D eigenvalue weighted by Gasteiger charge is -2.30. The van der Waals surface area contributed by atoms with E-state index in [9.17, 15) is 0 Å². The van der Waals surface area contributed by atoms with Gasteiger partial charge in [0, 0.05) is 6.04 Å². The predicted octanol–water partition coefficient (Wildman–Crippen LogP) is 4.39. The van der Waals surface area contributed by atoms with Crippen molar-refractivity contribution in [3.63, 3.8) is 0 Å². The molecule has 15 heavy (non-hydrogen) atoms. The van der Waals surface area contributed by atoms with E-state index in [2.05, 4.69) is 32.3 Å². The van der Waals surface area contributed by atoms with Gasteiger partial charge in [-0.1, -0.05) is 52.7 Å². The summed E-state index contributed by atoms with van der Waals surface area (Å²) in [5.74, 6) is 0.866. The van der Waals surface area contributed by atoms with Gasteiger partial charge in [0.2, 0.25) is 0 Å². The summed E-state index contributed by atoms with van der Waals surface area (Å²) in [4.78, 5) is 0. The molecule has 0 fully saturated rings. The summed E-state index contributed by atoms with van der Waals surface area (Å²) in [5.41, 5.74) is 1.53. The van der Waals surface area contributed by atoms with Gasteiger partial charge in [0.25, 0.3) is 0 Å². The van der Waals surface area contributed by atoms with Crippen LogP contribution in [0.4, 0.5) is 0 Å². The van der Waals surface area contributed by atoms with Crippen molar-refractivity contribution >= 4 is 0 Å². The molecule has 1 rings (SSSR count). The van der Waals surface area contributed by atoms with Crippen LogP contribution in [0.25, 0.3) is 0 Å². The average Bonchev–Trinajstić information content (AvgIpc) is 2.33. The Labute approximate surface area is 97.3 Å². The molecule has 0 amide bonds. The van der Waals surface area contributed by atoms with E-state index in [0.717, 1.165) is 5.92 Å². The Bertz CT molecular complexity index is 149. The van der Waals surface area contributed by atoms with Gasteiger partial charge in [0.05, 0.1) is 0 Å². The van der Waals surface area contributed by atoms with E-state index < -0.39 is 0 Å². The van der Waals surface area contributed by atoms with Gasteiger partial charge < -0.3 is 5.32 Å². The molecule has 2 atom stereocenters. The van der Waals surface area contributed by atoms with E-state index >= 15 is 0 Å². The number of rotatable bonds is 2. The Kier molecular flexibility index (Phi) is 13.4. The largest absolute Gasteiger partial charge is 0.313 e. The zero-order valence-electron chi connectivity index (χ0n) is 11.9. The Balaban J connectivity index is 0. The fourth-order valence-electron chi connectivity index (χ4n) is 2.09. The van der Waals surface area contributed by atoms with E-state index in [-0.39, 0.29) is 0 Å². The molecule has 0 spiro atoms. The van der Waals surface area contributed by atoms with Crippen LogP contribution in [0.5, 0.6) is 0 Å². The molecule has 92 valence electrons. The van der Waals surface area contributed by atoms with Crippen LogP contribution in [-0.2, 0) is 0 Å². The minimum absolute atomic E-state index is 0.647. The molecule has 2 unspecified atom stereocenters. The fraction of sp³-hybridized carbons (Fsp3) is 0.857. The second-order valence-electron chi connectivity index (χ2n) is 3.46. The van der Waals surface area contributed by atoms with Gasteiger partial charge in [-0.2, -0.15) is 0 Å². The molecule has 0 radical (unpaired) electrons. The zero-order chi connectivity index (χ0) is 12.3.